The van der Waals surface area contributed by atoms with Crippen LogP contribution in [0.4, 0.5) is 0 Å². The number of halogens is 1. The molecule has 3 aromatic rings. The molecule has 0 aliphatic carbocycles. The Labute approximate surface area is 126 Å². The highest BCUT2D eigenvalue weighted by molar-refractivity contribution is 6.32. The molecule has 0 aliphatic heterocycles. The van der Waals surface area contributed by atoms with Gasteiger partial charge in [0.1, 0.15) is 5.82 Å². The maximum absolute atomic E-state index is 11.2. The highest BCUT2D eigenvalue weighted by Crippen LogP contribution is 2.28. The number of imidazole rings is 1. The third-order valence-corrected chi connectivity index (χ3v) is 3.72. The second-order valence-electron chi connectivity index (χ2n) is 4.96. The van der Waals surface area contributed by atoms with Gasteiger partial charge in [-0.2, -0.15) is 0 Å². The van der Waals surface area contributed by atoms with Crippen molar-refractivity contribution in [3.8, 4) is 5.69 Å². The summed E-state index contributed by atoms with van der Waals surface area (Å²) in [5.41, 5.74) is 3.57. The average molecular weight is 301 g/mol. The molecule has 0 bridgehead atoms. The van der Waals surface area contributed by atoms with Crippen molar-refractivity contribution in [3.63, 3.8) is 0 Å². The lowest BCUT2D eigenvalue weighted by Crippen LogP contribution is -2.00. The highest BCUT2D eigenvalue weighted by Gasteiger charge is 2.14. The predicted molar refractivity (Wildman–Crippen MR) is 82.5 cm³/mol. The van der Waals surface area contributed by atoms with Crippen molar-refractivity contribution in [3.05, 3.63) is 58.4 Å². The van der Waals surface area contributed by atoms with E-state index in [1.54, 1.807) is 18.2 Å². The first kappa shape index (κ1) is 13.6. The third-order valence-electron chi connectivity index (χ3n) is 3.41. The fraction of sp³-hybridized carbons (Fsp3) is 0.125. The van der Waals surface area contributed by atoms with Crippen molar-refractivity contribution in [2.24, 2.45) is 0 Å². The number of nitrogens with zero attached hydrogens (tertiary/aromatic N) is 2. The molecule has 0 saturated heterocycles. The summed E-state index contributed by atoms with van der Waals surface area (Å²) >= 11 is 6.33. The van der Waals surface area contributed by atoms with Gasteiger partial charge in [-0.25, -0.2) is 9.78 Å². The molecule has 1 N–H and O–H groups in total. The van der Waals surface area contributed by atoms with Crippen LogP contribution in [0.5, 0.6) is 0 Å². The lowest BCUT2D eigenvalue weighted by molar-refractivity contribution is 0.0697. The first-order chi connectivity index (χ1) is 9.97. The number of fused-ring (bicyclic) bond motifs is 1. The predicted octanol–water partition coefficient (Wildman–Crippen LogP) is 3.99. The molecule has 0 fully saturated rings. The highest BCUT2D eigenvalue weighted by atomic mass is 35.5. The van der Waals surface area contributed by atoms with E-state index in [0.29, 0.717) is 5.02 Å². The van der Waals surface area contributed by atoms with E-state index in [1.807, 2.05) is 36.6 Å². The Balaban J connectivity index is 2.32. The Hall–Kier alpha value is -2.33. The quantitative estimate of drug-likeness (QED) is 0.778. The second-order valence-corrected chi connectivity index (χ2v) is 5.37. The van der Waals surface area contributed by atoms with Crippen LogP contribution < -0.4 is 0 Å². The summed E-state index contributed by atoms with van der Waals surface area (Å²) in [5, 5.41) is 9.76. The summed E-state index contributed by atoms with van der Waals surface area (Å²) in [4.78, 5) is 15.6. The van der Waals surface area contributed by atoms with Crippen LogP contribution in [0.1, 0.15) is 21.7 Å². The monoisotopic (exact) mass is 300 g/mol. The summed E-state index contributed by atoms with van der Waals surface area (Å²) < 4.78 is 1.88. The molecule has 0 amide bonds. The number of carboxylic acids is 1. The molecule has 106 valence electrons. The molecular formula is C16H13ClN2O2. The number of rotatable bonds is 2. The lowest BCUT2D eigenvalue weighted by Gasteiger charge is -2.10. The van der Waals surface area contributed by atoms with Crippen LogP contribution in [-0.2, 0) is 0 Å². The third kappa shape index (κ3) is 2.28. The summed E-state index contributed by atoms with van der Waals surface area (Å²) in [6, 6.07) is 10.6. The molecular weight excluding hydrogens is 288 g/mol. The maximum Gasteiger partial charge on any atom is 0.335 e. The number of aryl methyl sites for hydroxylation is 2. The van der Waals surface area contributed by atoms with Crippen LogP contribution in [0.2, 0.25) is 5.02 Å². The standard InChI is InChI=1S/C16H13ClN2O2/c1-9-3-6-14(12(17)7-9)19-10(2)18-13-5-4-11(16(20)21)8-15(13)19/h3-8H,1-2H3,(H,20,21). The van der Waals surface area contributed by atoms with E-state index in [1.165, 1.54) is 0 Å². The van der Waals surface area contributed by atoms with Crippen LogP contribution in [0, 0.1) is 13.8 Å². The first-order valence-corrected chi connectivity index (χ1v) is 6.84. The second kappa shape index (κ2) is 4.90. The molecule has 3 rings (SSSR count). The molecule has 0 saturated carbocycles. The van der Waals surface area contributed by atoms with Crippen molar-refractivity contribution < 1.29 is 9.90 Å². The Morgan fingerprint density at radius 2 is 1.95 bits per heavy atom. The van der Waals surface area contributed by atoms with Gasteiger partial charge in [0.2, 0.25) is 0 Å². The van der Waals surface area contributed by atoms with Gasteiger partial charge in [0.25, 0.3) is 0 Å². The Kier molecular flexibility index (Phi) is 3.18. The van der Waals surface area contributed by atoms with Crippen LogP contribution in [0.15, 0.2) is 36.4 Å². The number of benzene rings is 2. The Bertz CT molecular complexity index is 868. The van der Waals surface area contributed by atoms with E-state index in [0.717, 1.165) is 28.1 Å². The largest absolute Gasteiger partial charge is 0.478 e. The zero-order chi connectivity index (χ0) is 15.1. The van der Waals surface area contributed by atoms with Crippen LogP contribution in [0.25, 0.3) is 16.7 Å². The molecule has 1 aromatic heterocycles. The minimum atomic E-state index is -0.961. The SMILES string of the molecule is Cc1ccc(-n2c(C)nc3ccc(C(=O)O)cc32)c(Cl)c1. The number of aromatic carboxylic acids is 1. The fourth-order valence-electron chi connectivity index (χ4n) is 2.43. The molecule has 2 aromatic carbocycles. The van der Waals surface area contributed by atoms with Crippen LogP contribution in [0.3, 0.4) is 0 Å². The maximum atomic E-state index is 11.2. The summed E-state index contributed by atoms with van der Waals surface area (Å²) in [5.74, 6) is -0.199. The van der Waals surface area contributed by atoms with Crippen molar-refractivity contribution in [2.45, 2.75) is 13.8 Å². The van der Waals surface area contributed by atoms with E-state index in [4.69, 9.17) is 16.7 Å². The Morgan fingerprint density at radius 1 is 1.19 bits per heavy atom. The molecule has 21 heavy (non-hydrogen) atoms. The summed E-state index contributed by atoms with van der Waals surface area (Å²) in [6.07, 6.45) is 0. The van der Waals surface area contributed by atoms with Gasteiger partial charge in [-0.1, -0.05) is 17.7 Å². The lowest BCUT2D eigenvalue weighted by atomic mass is 10.2. The topological polar surface area (TPSA) is 55.1 Å². The molecule has 5 heteroatoms. The van der Waals surface area contributed by atoms with E-state index >= 15 is 0 Å². The van der Waals surface area contributed by atoms with Crippen molar-refractivity contribution in [1.82, 2.24) is 9.55 Å². The summed E-state index contributed by atoms with van der Waals surface area (Å²) in [7, 11) is 0. The number of hydrogen-bond donors (Lipinski definition) is 1. The molecule has 0 radical (unpaired) electrons. The van der Waals surface area contributed by atoms with Crippen molar-refractivity contribution in [2.75, 3.05) is 0 Å². The smallest absolute Gasteiger partial charge is 0.335 e. The van der Waals surface area contributed by atoms with Crippen LogP contribution >= 0.6 is 11.6 Å². The molecule has 1 heterocycles. The fourth-order valence-corrected chi connectivity index (χ4v) is 2.75. The average Bonchev–Trinajstić information content (AvgIpc) is 2.74. The van der Waals surface area contributed by atoms with Crippen molar-refractivity contribution >= 4 is 28.6 Å². The van der Waals surface area contributed by atoms with E-state index in [-0.39, 0.29) is 5.56 Å². The van der Waals surface area contributed by atoms with Gasteiger partial charge in [-0.3, -0.25) is 4.57 Å². The van der Waals surface area contributed by atoms with E-state index in [2.05, 4.69) is 4.98 Å². The molecule has 0 spiro atoms. The van der Waals surface area contributed by atoms with Gasteiger partial charge in [0, 0.05) is 0 Å². The molecule has 4 nitrogen and oxygen atoms in total. The minimum absolute atomic E-state index is 0.229. The molecule has 0 unspecified atom stereocenters. The zero-order valence-electron chi connectivity index (χ0n) is 11.6. The Morgan fingerprint density at radius 3 is 2.62 bits per heavy atom. The normalized spacial score (nSPS) is 11.0. The van der Waals surface area contributed by atoms with Gasteiger partial charge in [0.05, 0.1) is 27.3 Å². The van der Waals surface area contributed by atoms with E-state index in [9.17, 15) is 4.79 Å². The van der Waals surface area contributed by atoms with Gasteiger partial charge in [-0.05, 0) is 49.7 Å². The number of carboxylic acid groups (broad SMARTS) is 1. The van der Waals surface area contributed by atoms with Crippen molar-refractivity contribution in [1.29, 1.82) is 0 Å². The van der Waals surface area contributed by atoms with Crippen LogP contribution in [-0.4, -0.2) is 20.6 Å². The van der Waals surface area contributed by atoms with Gasteiger partial charge < -0.3 is 5.11 Å². The molecule has 0 aliphatic rings. The van der Waals surface area contributed by atoms with Gasteiger partial charge in [-0.15, -0.1) is 0 Å². The van der Waals surface area contributed by atoms with Gasteiger partial charge in [0.15, 0.2) is 0 Å². The number of hydrogen-bond acceptors (Lipinski definition) is 2. The van der Waals surface area contributed by atoms with E-state index < -0.39 is 5.97 Å². The zero-order valence-corrected chi connectivity index (χ0v) is 12.3. The summed E-state index contributed by atoms with van der Waals surface area (Å²) in [6.45, 7) is 3.84. The molecule has 0 atom stereocenters. The number of aromatic nitrogens is 2. The minimum Gasteiger partial charge on any atom is -0.478 e. The number of carbonyl (C=O) groups is 1. The van der Waals surface area contributed by atoms with Gasteiger partial charge >= 0.3 is 5.97 Å². The first-order valence-electron chi connectivity index (χ1n) is 6.46.